The van der Waals surface area contributed by atoms with Gasteiger partial charge < -0.3 is 15.6 Å². The molecule has 0 aromatic carbocycles. The van der Waals surface area contributed by atoms with Gasteiger partial charge >= 0.3 is 0 Å². The molecule has 2 bridgehead atoms. The fourth-order valence-electron chi connectivity index (χ4n) is 3.69. The molecular formula is C14H18BrN3O2. The van der Waals surface area contributed by atoms with Crippen molar-refractivity contribution in [2.45, 2.75) is 25.3 Å². The molecule has 1 heterocycles. The third kappa shape index (κ3) is 2.20. The SMILES string of the molecule is Cn1cc(NC(=O)C2C3CCC(C3)C2N)cc(Br)c1=O. The average molecular weight is 340 g/mol. The number of halogens is 1. The molecule has 20 heavy (non-hydrogen) atoms. The Morgan fingerprint density at radius 1 is 1.45 bits per heavy atom. The zero-order valence-corrected chi connectivity index (χ0v) is 12.9. The van der Waals surface area contributed by atoms with Gasteiger partial charge in [-0.25, -0.2) is 0 Å². The third-order valence-corrected chi connectivity index (χ3v) is 5.26. The molecule has 2 saturated carbocycles. The van der Waals surface area contributed by atoms with E-state index in [0.717, 1.165) is 19.3 Å². The van der Waals surface area contributed by atoms with E-state index in [0.29, 0.717) is 22.0 Å². The van der Waals surface area contributed by atoms with E-state index in [9.17, 15) is 9.59 Å². The van der Waals surface area contributed by atoms with Gasteiger partial charge in [-0.2, -0.15) is 0 Å². The van der Waals surface area contributed by atoms with E-state index in [1.165, 1.54) is 4.57 Å². The molecule has 5 nitrogen and oxygen atoms in total. The molecule has 6 heteroatoms. The molecule has 0 spiro atoms. The van der Waals surface area contributed by atoms with Crippen molar-refractivity contribution in [3.63, 3.8) is 0 Å². The maximum atomic E-state index is 12.4. The van der Waals surface area contributed by atoms with Gasteiger partial charge in [0, 0.05) is 19.3 Å². The zero-order valence-electron chi connectivity index (χ0n) is 11.3. The Hall–Kier alpha value is -1.14. The number of nitrogens with one attached hydrogen (secondary N) is 1. The minimum Gasteiger partial charge on any atom is -0.327 e. The first-order valence-electron chi connectivity index (χ1n) is 6.90. The Labute approximate surface area is 125 Å². The smallest absolute Gasteiger partial charge is 0.264 e. The number of aryl methyl sites for hydroxylation is 1. The quantitative estimate of drug-likeness (QED) is 0.856. The van der Waals surface area contributed by atoms with Crippen LogP contribution >= 0.6 is 15.9 Å². The maximum Gasteiger partial charge on any atom is 0.264 e. The number of anilines is 1. The van der Waals surface area contributed by atoms with Gasteiger partial charge in [0.05, 0.1) is 16.1 Å². The first-order chi connectivity index (χ1) is 9.47. The molecule has 3 rings (SSSR count). The summed E-state index contributed by atoms with van der Waals surface area (Å²) in [6.45, 7) is 0. The lowest BCUT2D eigenvalue weighted by atomic mass is 9.84. The van der Waals surface area contributed by atoms with Gasteiger partial charge in [-0.3, -0.25) is 9.59 Å². The normalized spacial score (nSPS) is 31.6. The zero-order chi connectivity index (χ0) is 14.4. The number of pyridine rings is 1. The fourth-order valence-corrected chi connectivity index (χ4v) is 4.22. The van der Waals surface area contributed by atoms with Crippen molar-refractivity contribution >= 4 is 27.5 Å². The van der Waals surface area contributed by atoms with Crippen LogP contribution in [0.5, 0.6) is 0 Å². The highest BCUT2D eigenvalue weighted by atomic mass is 79.9. The number of nitrogens with two attached hydrogens (primary N) is 1. The van der Waals surface area contributed by atoms with E-state index in [-0.39, 0.29) is 23.4 Å². The second-order valence-electron chi connectivity index (χ2n) is 5.92. The summed E-state index contributed by atoms with van der Waals surface area (Å²) in [7, 11) is 1.66. The standard InChI is InChI=1S/C14H18BrN3O2/c1-18-6-9(5-10(15)14(18)20)17-13(19)11-7-2-3-8(4-7)12(11)16/h5-8,11-12H,2-4,16H2,1H3,(H,17,19). The van der Waals surface area contributed by atoms with E-state index in [4.69, 9.17) is 5.73 Å². The summed E-state index contributed by atoms with van der Waals surface area (Å²) < 4.78 is 1.88. The van der Waals surface area contributed by atoms with Crippen LogP contribution in [0.3, 0.4) is 0 Å². The molecule has 4 atom stereocenters. The second-order valence-corrected chi connectivity index (χ2v) is 6.77. The number of amides is 1. The minimum absolute atomic E-state index is 0.0183. The van der Waals surface area contributed by atoms with Crippen LogP contribution in [-0.2, 0) is 11.8 Å². The number of carbonyl (C=O) groups excluding carboxylic acids is 1. The van der Waals surface area contributed by atoms with Crippen LogP contribution in [0.25, 0.3) is 0 Å². The second kappa shape index (κ2) is 5.00. The molecule has 2 aliphatic rings. The average Bonchev–Trinajstić information content (AvgIpc) is 2.96. The van der Waals surface area contributed by atoms with Crippen molar-refractivity contribution in [1.29, 1.82) is 0 Å². The van der Waals surface area contributed by atoms with E-state index in [1.54, 1.807) is 19.3 Å². The number of rotatable bonds is 2. The predicted octanol–water partition coefficient (Wildman–Crippen LogP) is 1.46. The van der Waals surface area contributed by atoms with Crippen LogP contribution in [0, 0.1) is 17.8 Å². The number of hydrogen-bond acceptors (Lipinski definition) is 3. The third-order valence-electron chi connectivity index (χ3n) is 4.69. The van der Waals surface area contributed by atoms with Crippen molar-refractivity contribution in [2.75, 3.05) is 5.32 Å². The minimum atomic E-state index is -0.125. The Balaban J connectivity index is 1.78. The summed E-state index contributed by atoms with van der Waals surface area (Å²) in [5.41, 5.74) is 6.68. The van der Waals surface area contributed by atoms with Crippen molar-refractivity contribution in [1.82, 2.24) is 4.57 Å². The number of fused-ring (bicyclic) bond motifs is 2. The van der Waals surface area contributed by atoms with Gasteiger partial charge in [-0.15, -0.1) is 0 Å². The monoisotopic (exact) mass is 339 g/mol. The van der Waals surface area contributed by atoms with Crippen LogP contribution in [0.2, 0.25) is 0 Å². The molecule has 1 amide bonds. The van der Waals surface area contributed by atoms with E-state index >= 15 is 0 Å². The van der Waals surface area contributed by atoms with E-state index in [1.807, 2.05) is 0 Å². The largest absolute Gasteiger partial charge is 0.327 e. The number of aromatic nitrogens is 1. The topological polar surface area (TPSA) is 77.1 Å². The summed E-state index contributed by atoms with van der Waals surface area (Å²) in [4.78, 5) is 24.0. The summed E-state index contributed by atoms with van der Waals surface area (Å²) in [5.74, 6) is 0.814. The van der Waals surface area contributed by atoms with Gasteiger partial charge in [0.1, 0.15) is 0 Å². The van der Waals surface area contributed by atoms with Gasteiger partial charge in [0.15, 0.2) is 0 Å². The number of nitrogens with zero attached hydrogens (tertiary/aromatic N) is 1. The number of hydrogen-bond donors (Lipinski definition) is 2. The summed E-state index contributed by atoms with van der Waals surface area (Å²) in [6, 6.07) is 1.61. The summed E-state index contributed by atoms with van der Waals surface area (Å²) in [5, 5.41) is 2.90. The van der Waals surface area contributed by atoms with Crippen molar-refractivity contribution < 1.29 is 4.79 Å². The van der Waals surface area contributed by atoms with E-state index < -0.39 is 0 Å². The molecule has 108 valence electrons. The highest BCUT2D eigenvalue weighted by Gasteiger charge is 2.49. The molecular weight excluding hydrogens is 322 g/mol. The lowest BCUT2D eigenvalue weighted by Crippen LogP contribution is -2.42. The molecule has 0 aliphatic heterocycles. The van der Waals surface area contributed by atoms with Crippen LogP contribution in [-0.4, -0.2) is 16.5 Å². The molecule has 4 unspecified atom stereocenters. The fraction of sp³-hybridized carbons (Fsp3) is 0.571. The van der Waals surface area contributed by atoms with Gasteiger partial charge in [-0.05, 0) is 53.1 Å². The van der Waals surface area contributed by atoms with Crippen molar-refractivity contribution in [3.05, 3.63) is 27.1 Å². The first-order valence-corrected chi connectivity index (χ1v) is 7.69. The molecule has 2 fully saturated rings. The molecule has 2 aliphatic carbocycles. The van der Waals surface area contributed by atoms with Crippen molar-refractivity contribution in [3.8, 4) is 0 Å². The van der Waals surface area contributed by atoms with Crippen LogP contribution in [0.15, 0.2) is 21.5 Å². The van der Waals surface area contributed by atoms with Crippen molar-refractivity contribution in [2.24, 2.45) is 30.5 Å². The summed E-state index contributed by atoms with van der Waals surface area (Å²) >= 11 is 3.21. The maximum absolute atomic E-state index is 12.4. The number of carbonyl (C=O) groups is 1. The molecule has 0 saturated heterocycles. The van der Waals surface area contributed by atoms with Crippen LogP contribution in [0.4, 0.5) is 5.69 Å². The van der Waals surface area contributed by atoms with E-state index in [2.05, 4.69) is 21.2 Å². The highest BCUT2D eigenvalue weighted by Crippen LogP contribution is 2.47. The van der Waals surface area contributed by atoms with Gasteiger partial charge in [-0.1, -0.05) is 0 Å². The lowest BCUT2D eigenvalue weighted by Gasteiger charge is -2.27. The molecule has 1 aromatic heterocycles. The van der Waals surface area contributed by atoms with Gasteiger partial charge in [0.2, 0.25) is 5.91 Å². The molecule has 3 N–H and O–H groups in total. The predicted molar refractivity (Wildman–Crippen MR) is 80.3 cm³/mol. The van der Waals surface area contributed by atoms with Crippen LogP contribution in [0.1, 0.15) is 19.3 Å². The Kier molecular flexibility index (Phi) is 3.46. The first kappa shape index (κ1) is 13.8. The lowest BCUT2D eigenvalue weighted by molar-refractivity contribution is -0.121. The van der Waals surface area contributed by atoms with Gasteiger partial charge in [0.25, 0.3) is 5.56 Å². The highest BCUT2D eigenvalue weighted by molar-refractivity contribution is 9.10. The van der Waals surface area contributed by atoms with Crippen LogP contribution < -0.4 is 16.6 Å². The summed E-state index contributed by atoms with van der Waals surface area (Å²) in [6.07, 6.45) is 4.97. The Morgan fingerprint density at radius 2 is 2.15 bits per heavy atom. The molecule has 1 aromatic rings. The molecule has 0 radical (unpaired) electrons. The Bertz CT molecular complexity index is 585. The Morgan fingerprint density at radius 3 is 2.75 bits per heavy atom.